The molecule has 7 heteroatoms. The molecular weight excluding hydrogens is 366 g/mol. The largest absolute Gasteiger partial charge is 0.426 e. The first-order chi connectivity index (χ1) is 13.8. The van der Waals surface area contributed by atoms with Crippen molar-refractivity contribution in [2.75, 3.05) is 17.2 Å². The Balaban J connectivity index is 1.65. The molecule has 3 atom stereocenters. The summed E-state index contributed by atoms with van der Waals surface area (Å²) in [5.41, 5.74) is 2.35. The highest BCUT2D eigenvalue weighted by atomic mass is 16.4. The molecule has 2 N–H and O–H groups in total. The molecule has 7 nitrogen and oxygen atoms in total. The molecule has 1 aliphatic rings. The molecule has 0 saturated heterocycles. The molecular formula is C22H31N5O2. The van der Waals surface area contributed by atoms with Crippen LogP contribution in [0, 0.1) is 30.6 Å². The Morgan fingerprint density at radius 2 is 2.07 bits per heavy atom. The number of hydrogen-bond donors (Lipinski definition) is 2. The monoisotopic (exact) mass is 397 g/mol. The Bertz CT molecular complexity index is 856. The molecule has 3 rings (SSSR count). The van der Waals surface area contributed by atoms with E-state index in [4.69, 9.17) is 4.42 Å². The van der Waals surface area contributed by atoms with Crippen LogP contribution in [0.3, 0.4) is 0 Å². The van der Waals surface area contributed by atoms with Crippen molar-refractivity contribution in [3.05, 3.63) is 41.8 Å². The van der Waals surface area contributed by atoms with Crippen molar-refractivity contribution in [2.24, 2.45) is 23.7 Å². The second-order valence-electron chi connectivity index (χ2n) is 8.33. The summed E-state index contributed by atoms with van der Waals surface area (Å²) in [6.07, 6.45) is 6.10. The van der Waals surface area contributed by atoms with Crippen molar-refractivity contribution in [3.8, 4) is 0 Å². The Hall–Kier alpha value is -2.70. The molecule has 0 radical (unpaired) electrons. The maximum atomic E-state index is 11.1. The minimum Gasteiger partial charge on any atom is -0.426 e. The lowest BCUT2D eigenvalue weighted by molar-refractivity contribution is -0.114. The zero-order valence-electron chi connectivity index (χ0n) is 17.9. The summed E-state index contributed by atoms with van der Waals surface area (Å²) in [6.45, 7) is 11.0. The zero-order chi connectivity index (χ0) is 21.0. The van der Waals surface area contributed by atoms with Crippen LogP contribution >= 0.6 is 0 Å². The number of rotatable bonds is 7. The molecule has 0 fully saturated rings. The Morgan fingerprint density at radius 3 is 2.66 bits per heavy atom. The Labute approximate surface area is 172 Å². The number of pyridine rings is 1. The SMILES string of the molecule is CC(=O)Nc1ccc(NCC2C=C(C)C(Cc3nnc(C)o3)CC2C(C)C)cn1. The molecule has 0 saturated carbocycles. The molecule has 1 amide bonds. The summed E-state index contributed by atoms with van der Waals surface area (Å²) in [5.74, 6) is 3.84. The van der Waals surface area contributed by atoms with Gasteiger partial charge in [0.2, 0.25) is 17.7 Å². The molecule has 1 aliphatic carbocycles. The average molecular weight is 398 g/mol. The van der Waals surface area contributed by atoms with Gasteiger partial charge in [0, 0.05) is 26.8 Å². The number of aryl methyl sites for hydroxylation is 1. The molecule has 2 aromatic rings. The second-order valence-corrected chi connectivity index (χ2v) is 8.33. The summed E-state index contributed by atoms with van der Waals surface area (Å²) in [7, 11) is 0. The van der Waals surface area contributed by atoms with Crippen molar-refractivity contribution < 1.29 is 9.21 Å². The van der Waals surface area contributed by atoms with Gasteiger partial charge in [-0.15, -0.1) is 10.2 Å². The molecule has 0 aromatic carbocycles. The van der Waals surface area contributed by atoms with Crippen molar-refractivity contribution in [1.29, 1.82) is 0 Å². The Kier molecular flexibility index (Phi) is 6.67. The average Bonchev–Trinajstić information content (AvgIpc) is 3.07. The zero-order valence-corrected chi connectivity index (χ0v) is 17.9. The smallest absolute Gasteiger partial charge is 0.222 e. The normalized spacial score (nSPS) is 21.7. The maximum Gasteiger partial charge on any atom is 0.222 e. The lowest BCUT2D eigenvalue weighted by atomic mass is 9.70. The lowest BCUT2D eigenvalue weighted by Crippen LogP contribution is -2.32. The highest BCUT2D eigenvalue weighted by molar-refractivity contribution is 5.87. The topological polar surface area (TPSA) is 92.9 Å². The van der Waals surface area contributed by atoms with Crippen LogP contribution in [-0.4, -0.2) is 27.6 Å². The second kappa shape index (κ2) is 9.20. The van der Waals surface area contributed by atoms with Gasteiger partial charge in [0.25, 0.3) is 0 Å². The van der Waals surface area contributed by atoms with E-state index in [0.29, 0.717) is 35.4 Å². The molecule has 0 bridgehead atoms. The summed E-state index contributed by atoms with van der Waals surface area (Å²) in [4.78, 5) is 15.4. The summed E-state index contributed by atoms with van der Waals surface area (Å²) in [5, 5.41) is 14.3. The number of aromatic nitrogens is 3. The predicted molar refractivity (Wildman–Crippen MR) is 113 cm³/mol. The summed E-state index contributed by atoms with van der Waals surface area (Å²) >= 11 is 0. The number of allylic oxidation sites excluding steroid dienone is 1. The minimum atomic E-state index is -0.119. The van der Waals surface area contributed by atoms with Crippen molar-refractivity contribution in [2.45, 2.75) is 47.5 Å². The first kappa shape index (κ1) is 21.0. The first-order valence-corrected chi connectivity index (χ1v) is 10.3. The number of anilines is 2. The van der Waals surface area contributed by atoms with Crippen LogP contribution in [-0.2, 0) is 11.2 Å². The van der Waals surface area contributed by atoms with Gasteiger partial charge >= 0.3 is 0 Å². The van der Waals surface area contributed by atoms with E-state index in [1.54, 1.807) is 6.20 Å². The third-order valence-corrected chi connectivity index (χ3v) is 5.68. The fourth-order valence-corrected chi connectivity index (χ4v) is 4.13. The minimum absolute atomic E-state index is 0.119. The number of nitrogens with zero attached hydrogens (tertiary/aromatic N) is 3. The van der Waals surface area contributed by atoms with Crippen LogP contribution in [0.5, 0.6) is 0 Å². The van der Waals surface area contributed by atoms with E-state index in [9.17, 15) is 4.79 Å². The number of carbonyl (C=O) groups excluding carboxylic acids is 1. The van der Waals surface area contributed by atoms with E-state index in [0.717, 1.165) is 31.0 Å². The Morgan fingerprint density at radius 1 is 1.28 bits per heavy atom. The van der Waals surface area contributed by atoms with E-state index >= 15 is 0 Å². The van der Waals surface area contributed by atoms with Gasteiger partial charge in [0.05, 0.1) is 11.9 Å². The van der Waals surface area contributed by atoms with E-state index in [2.05, 4.69) is 52.7 Å². The van der Waals surface area contributed by atoms with Crippen molar-refractivity contribution in [1.82, 2.24) is 15.2 Å². The quantitative estimate of drug-likeness (QED) is 0.679. The molecule has 0 aliphatic heterocycles. The van der Waals surface area contributed by atoms with E-state index in [1.807, 2.05) is 19.1 Å². The van der Waals surface area contributed by atoms with Crippen molar-refractivity contribution in [3.63, 3.8) is 0 Å². The summed E-state index contributed by atoms with van der Waals surface area (Å²) in [6, 6.07) is 3.76. The van der Waals surface area contributed by atoms with Gasteiger partial charge < -0.3 is 15.1 Å². The van der Waals surface area contributed by atoms with Crippen LogP contribution in [0.2, 0.25) is 0 Å². The van der Waals surface area contributed by atoms with Gasteiger partial charge in [-0.05, 0) is 49.1 Å². The standard InChI is InChI=1S/C22H31N5O2/c1-13(2)20-9-17(10-22-27-26-16(5)29-22)14(3)8-18(20)11-23-19-6-7-21(24-12-19)25-15(4)28/h6-8,12-13,17-18,20,23H,9-11H2,1-5H3,(H,24,25,28). The van der Waals surface area contributed by atoms with Gasteiger partial charge in [-0.3, -0.25) is 4.79 Å². The number of carbonyl (C=O) groups is 1. The fraction of sp³-hybridized carbons (Fsp3) is 0.545. The first-order valence-electron chi connectivity index (χ1n) is 10.3. The maximum absolute atomic E-state index is 11.1. The van der Waals surface area contributed by atoms with Crippen LogP contribution < -0.4 is 10.6 Å². The lowest BCUT2D eigenvalue weighted by Gasteiger charge is -2.37. The van der Waals surface area contributed by atoms with Crippen LogP contribution in [0.15, 0.2) is 34.4 Å². The van der Waals surface area contributed by atoms with Crippen LogP contribution in [0.25, 0.3) is 0 Å². The van der Waals surface area contributed by atoms with E-state index < -0.39 is 0 Å². The summed E-state index contributed by atoms with van der Waals surface area (Å²) < 4.78 is 5.60. The third-order valence-electron chi connectivity index (χ3n) is 5.68. The highest BCUT2D eigenvalue weighted by Gasteiger charge is 2.32. The van der Waals surface area contributed by atoms with Gasteiger partial charge in [0.15, 0.2) is 0 Å². The molecule has 156 valence electrons. The highest BCUT2D eigenvalue weighted by Crippen LogP contribution is 2.39. The van der Waals surface area contributed by atoms with Crippen LogP contribution in [0.1, 0.15) is 45.9 Å². The predicted octanol–water partition coefficient (Wildman–Crippen LogP) is 4.24. The molecule has 2 heterocycles. The van der Waals surface area contributed by atoms with Gasteiger partial charge in [-0.1, -0.05) is 25.5 Å². The number of hydrogen-bond acceptors (Lipinski definition) is 6. The van der Waals surface area contributed by atoms with Gasteiger partial charge in [-0.2, -0.15) is 0 Å². The molecule has 29 heavy (non-hydrogen) atoms. The van der Waals surface area contributed by atoms with Crippen molar-refractivity contribution >= 4 is 17.4 Å². The molecule has 2 aromatic heterocycles. The fourth-order valence-electron chi connectivity index (χ4n) is 4.13. The van der Waals surface area contributed by atoms with Gasteiger partial charge in [0.1, 0.15) is 5.82 Å². The van der Waals surface area contributed by atoms with E-state index in [-0.39, 0.29) is 5.91 Å². The molecule has 3 unspecified atom stereocenters. The van der Waals surface area contributed by atoms with E-state index in [1.165, 1.54) is 12.5 Å². The van der Waals surface area contributed by atoms with Crippen LogP contribution in [0.4, 0.5) is 11.5 Å². The third kappa shape index (κ3) is 5.65. The number of amides is 1. The van der Waals surface area contributed by atoms with Gasteiger partial charge in [-0.25, -0.2) is 4.98 Å². The number of nitrogens with one attached hydrogen (secondary N) is 2. The molecule has 0 spiro atoms.